The third kappa shape index (κ3) is 11.1. The van der Waals surface area contributed by atoms with E-state index in [1.54, 1.807) is 0 Å². The highest BCUT2D eigenvalue weighted by Crippen LogP contribution is 2.44. The lowest BCUT2D eigenvalue weighted by atomic mass is 9.67. The van der Waals surface area contributed by atoms with Crippen LogP contribution >= 0.6 is 0 Å². The highest BCUT2D eigenvalue weighted by Gasteiger charge is 2.31. The Bertz CT molecular complexity index is 329. The summed E-state index contributed by atoms with van der Waals surface area (Å²) >= 11 is 0. The van der Waals surface area contributed by atoms with Crippen LogP contribution in [0.1, 0.15) is 117 Å². The number of Topliss-reactive ketones (excluding diaryl/α,β-unsaturated/α-hetero) is 1. The van der Waals surface area contributed by atoms with Gasteiger partial charge in [-0.15, -0.1) is 0 Å². The molecule has 0 atom stereocenters. The standard InChI is InChI=1S/C23H44O2/c1-4-22(24)14-9-6-5-7-12-18-25-19-13-17-23(20-21(2)3)15-10-8-11-16-23/h21H,4-20H2,1-3H3. The van der Waals surface area contributed by atoms with Crippen LogP contribution in [0.3, 0.4) is 0 Å². The lowest BCUT2D eigenvalue weighted by molar-refractivity contribution is -0.118. The van der Waals surface area contributed by atoms with E-state index < -0.39 is 0 Å². The Labute approximate surface area is 157 Å². The largest absolute Gasteiger partial charge is 0.381 e. The van der Waals surface area contributed by atoms with Gasteiger partial charge in [-0.2, -0.15) is 0 Å². The quantitative estimate of drug-likeness (QED) is 0.294. The molecule has 1 aliphatic carbocycles. The van der Waals surface area contributed by atoms with Crippen molar-refractivity contribution in [1.82, 2.24) is 0 Å². The smallest absolute Gasteiger partial charge is 0.132 e. The van der Waals surface area contributed by atoms with Gasteiger partial charge in [-0.1, -0.05) is 59.3 Å². The van der Waals surface area contributed by atoms with Crippen molar-refractivity contribution in [2.75, 3.05) is 13.2 Å². The number of rotatable bonds is 15. The highest BCUT2D eigenvalue weighted by molar-refractivity contribution is 5.77. The molecule has 0 aliphatic heterocycles. The molecule has 25 heavy (non-hydrogen) atoms. The summed E-state index contributed by atoms with van der Waals surface area (Å²) in [5.74, 6) is 1.24. The topological polar surface area (TPSA) is 26.3 Å². The van der Waals surface area contributed by atoms with Crippen LogP contribution in [0.5, 0.6) is 0 Å². The van der Waals surface area contributed by atoms with Gasteiger partial charge in [0.25, 0.3) is 0 Å². The van der Waals surface area contributed by atoms with Gasteiger partial charge in [-0.25, -0.2) is 0 Å². The molecule has 0 unspecified atom stereocenters. The zero-order valence-corrected chi connectivity index (χ0v) is 17.4. The first kappa shape index (κ1) is 22.7. The van der Waals surface area contributed by atoms with E-state index in [4.69, 9.17) is 4.74 Å². The minimum absolute atomic E-state index is 0.413. The van der Waals surface area contributed by atoms with Crippen molar-refractivity contribution in [1.29, 1.82) is 0 Å². The highest BCUT2D eigenvalue weighted by atomic mass is 16.5. The summed E-state index contributed by atoms with van der Waals surface area (Å²) in [5, 5.41) is 0. The van der Waals surface area contributed by atoms with Crippen molar-refractivity contribution in [3.63, 3.8) is 0 Å². The maximum Gasteiger partial charge on any atom is 0.132 e. The number of ketones is 1. The SMILES string of the molecule is CCC(=O)CCCCCCCOCCCC1(CC(C)C)CCCCC1. The summed E-state index contributed by atoms with van der Waals surface area (Å²) in [7, 11) is 0. The van der Waals surface area contributed by atoms with Crippen LogP contribution in [0.25, 0.3) is 0 Å². The van der Waals surface area contributed by atoms with Crippen molar-refractivity contribution < 1.29 is 9.53 Å². The van der Waals surface area contributed by atoms with E-state index >= 15 is 0 Å². The molecular weight excluding hydrogens is 308 g/mol. The molecule has 0 aromatic carbocycles. The first-order valence-electron chi connectivity index (χ1n) is 11.2. The molecule has 2 nitrogen and oxygen atoms in total. The fraction of sp³-hybridized carbons (Fsp3) is 0.957. The summed E-state index contributed by atoms with van der Waals surface area (Å²) in [4.78, 5) is 11.2. The van der Waals surface area contributed by atoms with Crippen LogP contribution in [0.2, 0.25) is 0 Å². The third-order valence-corrected chi connectivity index (χ3v) is 5.89. The van der Waals surface area contributed by atoms with E-state index in [0.717, 1.165) is 32.0 Å². The van der Waals surface area contributed by atoms with Gasteiger partial charge in [0.1, 0.15) is 5.78 Å². The third-order valence-electron chi connectivity index (χ3n) is 5.89. The summed E-state index contributed by atoms with van der Waals surface area (Å²) in [5.41, 5.74) is 0.631. The van der Waals surface area contributed by atoms with Gasteiger partial charge in [0.2, 0.25) is 0 Å². The summed E-state index contributed by atoms with van der Waals surface area (Å²) in [6.45, 7) is 8.59. The van der Waals surface area contributed by atoms with Crippen molar-refractivity contribution in [3.8, 4) is 0 Å². The van der Waals surface area contributed by atoms with Crippen LogP contribution in [-0.2, 0) is 9.53 Å². The zero-order chi connectivity index (χ0) is 18.4. The molecule has 2 heteroatoms. The molecule has 0 aromatic rings. The molecule has 148 valence electrons. The molecule has 0 bridgehead atoms. The second-order valence-corrected chi connectivity index (χ2v) is 8.78. The molecule has 0 amide bonds. The van der Waals surface area contributed by atoms with Crippen LogP contribution in [0.4, 0.5) is 0 Å². The molecular formula is C23H44O2. The Morgan fingerprint density at radius 1 is 0.920 bits per heavy atom. The number of carbonyl (C=O) groups excluding carboxylic acids is 1. The number of hydrogen-bond donors (Lipinski definition) is 0. The first-order valence-corrected chi connectivity index (χ1v) is 11.2. The summed E-state index contributed by atoms with van der Waals surface area (Å²) < 4.78 is 5.88. The molecule has 1 rings (SSSR count). The van der Waals surface area contributed by atoms with Gasteiger partial charge in [-0.05, 0) is 56.3 Å². The second-order valence-electron chi connectivity index (χ2n) is 8.78. The van der Waals surface area contributed by atoms with Gasteiger partial charge in [0, 0.05) is 26.1 Å². The van der Waals surface area contributed by atoms with Gasteiger partial charge in [0.05, 0.1) is 0 Å². The summed E-state index contributed by atoms with van der Waals surface area (Å²) in [6.07, 6.45) is 18.7. The minimum atomic E-state index is 0.413. The molecule has 0 N–H and O–H groups in total. The van der Waals surface area contributed by atoms with Crippen molar-refractivity contribution in [3.05, 3.63) is 0 Å². The summed E-state index contributed by atoms with van der Waals surface area (Å²) in [6, 6.07) is 0. The molecule has 1 saturated carbocycles. The minimum Gasteiger partial charge on any atom is -0.381 e. The van der Waals surface area contributed by atoms with Gasteiger partial charge >= 0.3 is 0 Å². The Hall–Kier alpha value is -0.370. The average molecular weight is 353 g/mol. The number of unbranched alkanes of at least 4 members (excludes halogenated alkanes) is 4. The van der Waals surface area contributed by atoms with E-state index in [0.29, 0.717) is 17.6 Å². The molecule has 1 fully saturated rings. The Morgan fingerprint density at radius 2 is 1.56 bits per heavy atom. The maximum atomic E-state index is 11.2. The van der Waals surface area contributed by atoms with E-state index in [9.17, 15) is 4.79 Å². The van der Waals surface area contributed by atoms with Crippen LogP contribution in [0, 0.1) is 11.3 Å². The molecule has 0 heterocycles. The maximum absolute atomic E-state index is 11.2. The number of hydrogen-bond acceptors (Lipinski definition) is 2. The zero-order valence-electron chi connectivity index (χ0n) is 17.4. The van der Waals surface area contributed by atoms with E-state index in [-0.39, 0.29) is 0 Å². The van der Waals surface area contributed by atoms with E-state index in [1.165, 1.54) is 77.0 Å². The predicted molar refractivity (Wildman–Crippen MR) is 108 cm³/mol. The van der Waals surface area contributed by atoms with Crippen molar-refractivity contribution >= 4 is 5.78 Å². The average Bonchev–Trinajstić information content (AvgIpc) is 2.59. The van der Waals surface area contributed by atoms with E-state index in [2.05, 4.69) is 13.8 Å². The van der Waals surface area contributed by atoms with Gasteiger partial charge < -0.3 is 4.74 Å². The fourth-order valence-corrected chi connectivity index (χ4v) is 4.61. The van der Waals surface area contributed by atoms with Crippen LogP contribution < -0.4 is 0 Å². The predicted octanol–water partition coefficient (Wildman–Crippen LogP) is 7.10. The van der Waals surface area contributed by atoms with Crippen LogP contribution in [-0.4, -0.2) is 19.0 Å². The van der Waals surface area contributed by atoms with Crippen molar-refractivity contribution in [2.45, 2.75) is 117 Å². The lowest BCUT2D eigenvalue weighted by Crippen LogP contribution is -2.26. The lowest BCUT2D eigenvalue weighted by Gasteiger charge is -2.39. The molecule has 0 saturated heterocycles. The molecule has 1 aliphatic rings. The van der Waals surface area contributed by atoms with E-state index in [1.807, 2.05) is 6.92 Å². The van der Waals surface area contributed by atoms with Crippen LogP contribution in [0.15, 0.2) is 0 Å². The number of ether oxygens (including phenoxy) is 1. The van der Waals surface area contributed by atoms with Crippen molar-refractivity contribution in [2.24, 2.45) is 11.3 Å². The Balaban J connectivity index is 1.97. The molecule has 0 aromatic heterocycles. The molecule has 0 spiro atoms. The van der Waals surface area contributed by atoms with Gasteiger partial charge in [0.15, 0.2) is 0 Å². The molecule has 0 radical (unpaired) electrons. The fourth-order valence-electron chi connectivity index (χ4n) is 4.61. The Morgan fingerprint density at radius 3 is 2.24 bits per heavy atom. The first-order chi connectivity index (χ1) is 12.1. The van der Waals surface area contributed by atoms with Gasteiger partial charge in [-0.3, -0.25) is 4.79 Å². The normalized spacial score (nSPS) is 17.1. The number of carbonyl (C=O) groups is 1. The Kier molecular flexibility index (Phi) is 12.5. The second kappa shape index (κ2) is 13.8. The monoisotopic (exact) mass is 352 g/mol.